The summed E-state index contributed by atoms with van der Waals surface area (Å²) in [6.07, 6.45) is 1.97. The molecule has 1 saturated heterocycles. The van der Waals surface area contributed by atoms with Crippen LogP contribution in [0.3, 0.4) is 0 Å². The third-order valence-corrected chi connectivity index (χ3v) is 5.08. The SMILES string of the molecule is COc1ccc(C2CCCN2C(=O)c2cc(C)nc3n[nH]c(C)c23)cc1. The highest BCUT2D eigenvalue weighted by Crippen LogP contribution is 2.35. The standard InChI is InChI=1S/C20H22N4O2/c1-12-11-16(18-13(2)22-23-19(18)21-12)20(25)24-10-4-5-17(24)14-6-8-15(26-3)9-7-14/h6-9,11,17H,4-5,10H2,1-3H3,(H,21,22,23). The maximum Gasteiger partial charge on any atom is 0.255 e. The summed E-state index contributed by atoms with van der Waals surface area (Å²) in [5.74, 6) is 0.869. The van der Waals surface area contributed by atoms with Crippen LogP contribution in [0.5, 0.6) is 5.75 Å². The first kappa shape index (κ1) is 16.6. The number of rotatable bonds is 3. The summed E-state index contributed by atoms with van der Waals surface area (Å²) in [5, 5.41) is 7.99. The summed E-state index contributed by atoms with van der Waals surface area (Å²) in [6.45, 7) is 4.58. The zero-order chi connectivity index (χ0) is 18.3. The van der Waals surface area contributed by atoms with Crippen molar-refractivity contribution < 1.29 is 9.53 Å². The summed E-state index contributed by atoms with van der Waals surface area (Å²) in [6, 6.07) is 9.95. The van der Waals surface area contributed by atoms with Crippen molar-refractivity contribution in [2.24, 2.45) is 0 Å². The molecule has 0 saturated carbocycles. The predicted octanol–water partition coefficient (Wildman–Crippen LogP) is 3.56. The molecule has 6 nitrogen and oxygen atoms in total. The van der Waals surface area contributed by atoms with Crippen LogP contribution in [0.1, 0.15) is 46.2 Å². The molecule has 1 atom stereocenters. The summed E-state index contributed by atoms with van der Waals surface area (Å²) in [5.41, 5.74) is 4.09. The number of carbonyl (C=O) groups excluding carboxylic acids is 1. The Labute approximate surface area is 152 Å². The lowest BCUT2D eigenvalue weighted by atomic mass is 10.0. The molecule has 3 heterocycles. The van der Waals surface area contributed by atoms with Crippen molar-refractivity contribution in [3.63, 3.8) is 0 Å². The molecule has 6 heteroatoms. The molecule has 2 aromatic heterocycles. The second kappa shape index (κ2) is 6.44. The van der Waals surface area contributed by atoms with Crippen LogP contribution < -0.4 is 4.74 Å². The molecule has 4 rings (SSSR count). The molecule has 1 fully saturated rings. The van der Waals surface area contributed by atoms with E-state index in [9.17, 15) is 4.79 Å². The van der Waals surface area contributed by atoms with Gasteiger partial charge in [0, 0.05) is 17.9 Å². The molecule has 1 aliphatic rings. The Morgan fingerprint density at radius 1 is 1.27 bits per heavy atom. The van der Waals surface area contributed by atoms with Crippen LogP contribution in [-0.2, 0) is 0 Å². The first-order valence-electron chi connectivity index (χ1n) is 8.85. The number of benzene rings is 1. The van der Waals surface area contributed by atoms with Crippen LogP contribution in [-0.4, -0.2) is 39.6 Å². The molecule has 3 aromatic rings. The average molecular weight is 350 g/mol. The van der Waals surface area contributed by atoms with Crippen molar-refractivity contribution in [1.29, 1.82) is 0 Å². The van der Waals surface area contributed by atoms with Crippen LogP contribution in [0.15, 0.2) is 30.3 Å². The van der Waals surface area contributed by atoms with Gasteiger partial charge in [-0.05, 0) is 50.5 Å². The topological polar surface area (TPSA) is 71.1 Å². The number of nitrogens with zero attached hydrogens (tertiary/aromatic N) is 3. The highest BCUT2D eigenvalue weighted by Gasteiger charge is 2.32. The van der Waals surface area contributed by atoms with Gasteiger partial charge in [0.15, 0.2) is 5.65 Å². The lowest BCUT2D eigenvalue weighted by Crippen LogP contribution is -2.30. The molecule has 1 N–H and O–H groups in total. The minimum absolute atomic E-state index is 0.0447. The highest BCUT2D eigenvalue weighted by molar-refractivity contribution is 6.06. The fraction of sp³-hybridized carbons (Fsp3) is 0.350. The van der Waals surface area contributed by atoms with E-state index >= 15 is 0 Å². The van der Waals surface area contributed by atoms with Crippen LogP contribution in [0.2, 0.25) is 0 Å². The second-order valence-corrected chi connectivity index (χ2v) is 6.79. The van der Waals surface area contributed by atoms with E-state index in [4.69, 9.17) is 4.74 Å². The number of aryl methyl sites for hydroxylation is 2. The van der Waals surface area contributed by atoms with Crippen LogP contribution in [0.25, 0.3) is 11.0 Å². The zero-order valence-electron chi connectivity index (χ0n) is 15.2. The Morgan fingerprint density at radius 3 is 2.77 bits per heavy atom. The number of methoxy groups -OCH3 is 1. The third kappa shape index (κ3) is 2.71. The van der Waals surface area contributed by atoms with E-state index in [1.54, 1.807) is 7.11 Å². The maximum absolute atomic E-state index is 13.4. The molecule has 1 unspecified atom stereocenters. The molecular formula is C20H22N4O2. The smallest absolute Gasteiger partial charge is 0.255 e. The number of aromatic nitrogens is 3. The predicted molar refractivity (Wildman–Crippen MR) is 99.4 cm³/mol. The van der Waals surface area contributed by atoms with Crippen LogP contribution in [0.4, 0.5) is 0 Å². The molecule has 0 radical (unpaired) electrons. The first-order chi connectivity index (χ1) is 12.6. The molecule has 1 amide bonds. The van der Waals surface area contributed by atoms with Crippen molar-refractivity contribution in [2.75, 3.05) is 13.7 Å². The van der Waals surface area contributed by atoms with Gasteiger partial charge in [-0.2, -0.15) is 5.10 Å². The van der Waals surface area contributed by atoms with Crippen molar-refractivity contribution in [3.8, 4) is 5.75 Å². The molecule has 0 aliphatic carbocycles. The molecule has 1 aliphatic heterocycles. The number of H-pyrrole nitrogens is 1. The van der Waals surface area contributed by atoms with E-state index < -0.39 is 0 Å². The Kier molecular flexibility index (Phi) is 4.11. The number of fused-ring (bicyclic) bond motifs is 1. The number of hydrogen-bond donors (Lipinski definition) is 1. The number of ether oxygens (including phenoxy) is 1. The van der Waals surface area contributed by atoms with Gasteiger partial charge in [-0.15, -0.1) is 0 Å². The lowest BCUT2D eigenvalue weighted by molar-refractivity contribution is 0.0737. The highest BCUT2D eigenvalue weighted by atomic mass is 16.5. The van der Waals surface area contributed by atoms with Crippen molar-refractivity contribution in [2.45, 2.75) is 32.7 Å². The number of pyridine rings is 1. The Hall–Kier alpha value is -2.89. The summed E-state index contributed by atoms with van der Waals surface area (Å²) >= 11 is 0. The van der Waals surface area contributed by atoms with Crippen molar-refractivity contribution >= 4 is 16.9 Å². The van der Waals surface area contributed by atoms with E-state index in [2.05, 4.69) is 15.2 Å². The van der Waals surface area contributed by atoms with Gasteiger partial charge in [0.2, 0.25) is 0 Å². The fourth-order valence-electron chi connectivity index (χ4n) is 3.81. The first-order valence-corrected chi connectivity index (χ1v) is 8.85. The van der Waals surface area contributed by atoms with Gasteiger partial charge >= 0.3 is 0 Å². The summed E-state index contributed by atoms with van der Waals surface area (Å²) in [4.78, 5) is 19.8. The quantitative estimate of drug-likeness (QED) is 0.784. The van der Waals surface area contributed by atoms with Gasteiger partial charge in [0.25, 0.3) is 5.91 Å². The molecule has 26 heavy (non-hydrogen) atoms. The molecule has 0 bridgehead atoms. The molecule has 0 spiro atoms. The van der Waals surface area contributed by atoms with E-state index in [0.29, 0.717) is 11.2 Å². The van der Waals surface area contributed by atoms with Crippen LogP contribution >= 0.6 is 0 Å². The van der Waals surface area contributed by atoms with E-state index in [-0.39, 0.29) is 11.9 Å². The normalized spacial score (nSPS) is 17.0. The van der Waals surface area contributed by atoms with Crippen molar-refractivity contribution in [3.05, 3.63) is 52.8 Å². The van der Waals surface area contributed by atoms with Gasteiger partial charge < -0.3 is 9.64 Å². The lowest BCUT2D eigenvalue weighted by Gasteiger charge is -2.25. The largest absolute Gasteiger partial charge is 0.497 e. The minimum atomic E-state index is 0.0447. The second-order valence-electron chi connectivity index (χ2n) is 6.79. The summed E-state index contributed by atoms with van der Waals surface area (Å²) in [7, 11) is 1.66. The van der Waals surface area contributed by atoms with E-state index in [1.165, 1.54) is 0 Å². The number of nitrogens with one attached hydrogen (secondary N) is 1. The Bertz CT molecular complexity index is 962. The van der Waals surface area contributed by atoms with Gasteiger partial charge in [0.1, 0.15) is 5.75 Å². The maximum atomic E-state index is 13.4. The van der Waals surface area contributed by atoms with Gasteiger partial charge in [-0.1, -0.05) is 12.1 Å². The van der Waals surface area contributed by atoms with Crippen molar-refractivity contribution in [1.82, 2.24) is 20.1 Å². The Balaban J connectivity index is 1.72. The van der Waals surface area contributed by atoms with Gasteiger partial charge in [-0.3, -0.25) is 9.89 Å². The molecule has 1 aromatic carbocycles. The number of likely N-dealkylation sites (tertiary alicyclic amines) is 1. The number of hydrogen-bond acceptors (Lipinski definition) is 4. The molecule has 134 valence electrons. The fourth-order valence-corrected chi connectivity index (χ4v) is 3.81. The summed E-state index contributed by atoms with van der Waals surface area (Å²) < 4.78 is 5.24. The average Bonchev–Trinajstić information content (AvgIpc) is 3.28. The monoisotopic (exact) mass is 350 g/mol. The van der Waals surface area contributed by atoms with Crippen LogP contribution in [0, 0.1) is 13.8 Å². The third-order valence-electron chi connectivity index (χ3n) is 5.08. The van der Waals surface area contributed by atoms with Gasteiger partial charge in [0.05, 0.1) is 24.1 Å². The van der Waals surface area contributed by atoms with Gasteiger partial charge in [-0.25, -0.2) is 4.98 Å². The Morgan fingerprint density at radius 2 is 2.04 bits per heavy atom. The van der Waals surface area contributed by atoms with E-state index in [1.807, 2.05) is 49.1 Å². The number of amides is 1. The molecular weight excluding hydrogens is 328 g/mol. The minimum Gasteiger partial charge on any atom is -0.497 e. The zero-order valence-corrected chi connectivity index (χ0v) is 15.2. The number of carbonyl (C=O) groups is 1. The van der Waals surface area contributed by atoms with E-state index in [0.717, 1.165) is 47.5 Å². The number of aromatic amines is 1.